The minimum atomic E-state index is -0.534. The number of rotatable bonds is 7. The van der Waals surface area contributed by atoms with Crippen molar-refractivity contribution in [1.82, 2.24) is 20.0 Å². The van der Waals surface area contributed by atoms with E-state index in [9.17, 15) is 18.8 Å². The first-order valence-corrected chi connectivity index (χ1v) is 10.8. The molecule has 168 valence electrons. The summed E-state index contributed by atoms with van der Waals surface area (Å²) in [5.74, 6) is -1.24. The average molecular weight is 466 g/mol. The van der Waals surface area contributed by atoms with Crippen LogP contribution >= 0.6 is 11.8 Å². The predicted octanol–water partition coefficient (Wildman–Crippen LogP) is 3.49. The summed E-state index contributed by atoms with van der Waals surface area (Å²) in [4.78, 5) is 38.6. The highest BCUT2D eigenvalue weighted by Gasteiger charge is 2.35. The number of benzene rings is 2. The number of methoxy groups -OCH3 is 1. The molecule has 1 aromatic heterocycles. The van der Waals surface area contributed by atoms with Gasteiger partial charge in [0.05, 0.1) is 23.9 Å². The molecular formula is C23H19FN4O4S. The molecule has 3 aromatic rings. The predicted molar refractivity (Wildman–Crippen MR) is 122 cm³/mol. The second-order valence-corrected chi connectivity index (χ2v) is 7.93. The van der Waals surface area contributed by atoms with E-state index in [4.69, 9.17) is 4.74 Å². The number of hydrogen-bond donors (Lipinski definition) is 1. The van der Waals surface area contributed by atoms with Gasteiger partial charge in [-0.25, -0.2) is 9.07 Å². The maximum absolute atomic E-state index is 13.9. The molecule has 2 aromatic carbocycles. The summed E-state index contributed by atoms with van der Waals surface area (Å²) in [6, 6.07) is 15.2. The number of hydrogen-bond acceptors (Lipinski definition) is 6. The van der Waals surface area contributed by atoms with Crippen LogP contribution in [-0.4, -0.2) is 51.9 Å². The van der Waals surface area contributed by atoms with E-state index in [1.807, 2.05) is 30.3 Å². The van der Waals surface area contributed by atoms with E-state index in [0.717, 1.165) is 22.3 Å². The fraction of sp³-hybridized carbons (Fsp3) is 0.130. The van der Waals surface area contributed by atoms with Crippen molar-refractivity contribution in [2.75, 3.05) is 20.2 Å². The third-order valence-electron chi connectivity index (χ3n) is 4.82. The molecule has 3 amide bonds. The van der Waals surface area contributed by atoms with Crippen molar-refractivity contribution in [1.29, 1.82) is 0 Å². The van der Waals surface area contributed by atoms with Crippen LogP contribution in [0.2, 0.25) is 0 Å². The van der Waals surface area contributed by atoms with Gasteiger partial charge in [-0.05, 0) is 36.0 Å². The molecule has 0 spiro atoms. The van der Waals surface area contributed by atoms with E-state index in [0.29, 0.717) is 0 Å². The monoisotopic (exact) mass is 466 g/mol. The Morgan fingerprint density at radius 2 is 1.88 bits per heavy atom. The number of thioether (sulfide) groups is 1. The average Bonchev–Trinajstić information content (AvgIpc) is 3.38. The standard InChI is InChI=1S/C23H19FN4O4S/c1-32-18-14-28(16-8-3-2-4-9-16)26-20(18)21(29)25-11-12-27-22(30)19(33-23(27)31)13-15-7-5-6-10-17(15)24/h2-10,13-14H,11-12H2,1H3,(H,25,29)/b19-13-. The minimum absolute atomic E-state index is 0.0191. The van der Waals surface area contributed by atoms with Crippen LogP contribution in [0.3, 0.4) is 0 Å². The Balaban J connectivity index is 1.40. The van der Waals surface area contributed by atoms with Gasteiger partial charge in [0.25, 0.3) is 17.1 Å². The molecular weight excluding hydrogens is 447 g/mol. The topological polar surface area (TPSA) is 93.5 Å². The highest BCUT2D eigenvalue weighted by molar-refractivity contribution is 8.18. The molecule has 0 aliphatic carbocycles. The van der Waals surface area contributed by atoms with Gasteiger partial charge in [0, 0.05) is 18.7 Å². The van der Waals surface area contributed by atoms with Gasteiger partial charge < -0.3 is 10.1 Å². The van der Waals surface area contributed by atoms with Gasteiger partial charge >= 0.3 is 0 Å². The van der Waals surface area contributed by atoms with Gasteiger partial charge in [-0.3, -0.25) is 19.3 Å². The second kappa shape index (κ2) is 9.70. The first kappa shape index (κ1) is 22.3. The largest absolute Gasteiger partial charge is 0.493 e. The van der Waals surface area contributed by atoms with E-state index < -0.39 is 22.9 Å². The Bertz CT molecular complexity index is 1240. The van der Waals surface area contributed by atoms with Crippen molar-refractivity contribution in [3.8, 4) is 11.4 Å². The molecule has 0 unspecified atom stereocenters. The maximum Gasteiger partial charge on any atom is 0.293 e. The lowest BCUT2D eigenvalue weighted by molar-refractivity contribution is -0.122. The summed E-state index contributed by atoms with van der Waals surface area (Å²) in [6.07, 6.45) is 2.94. The van der Waals surface area contributed by atoms with Crippen LogP contribution in [0.15, 0.2) is 65.7 Å². The summed E-state index contributed by atoms with van der Waals surface area (Å²) in [6.45, 7) is -0.0159. The van der Waals surface area contributed by atoms with Gasteiger partial charge in [0.1, 0.15) is 5.82 Å². The molecule has 0 saturated carbocycles. The van der Waals surface area contributed by atoms with Crippen LogP contribution in [-0.2, 0) is 4.79 Å². The van der Waals surface area contributed by atoms with E-state index in [-0.39, 0.29) is 35.0 Å². The highest BCUT2D eigenvalue weighted by atomic mass is 32.2. The smallest absolute Gasteiger partial charge is 0.293 e. The molecule has 33 heavy (non-hydrogen) atoms. The number of nitrogens with one attached hydrogen (secondary N) is 1. The van der Waals surface area contributed by atoms with Crippen molar-refractivity contribution in [2.45, 2.75) is 0 Å². The number of amides is 3. The van der Waals surface area contributed by atoms with Gasteiger partial charge in [-0.1, -0.05) is 36.4 Å². The van der Waals surface area contributed by atoms with Gasteiger partial charge in [0.15, 0.2) is 11.4 Å². The SMILES string of the molecule is COc1cn(-c2ccccc2)nc1C(=O)NCCN1C(=O)S/C(=C\c2ccccc2F)C1=O. The number of ether oxygens (including phenoxy) is 1. The van der Waals surface area contributed by atoms with Crippen LogP contribution in [0.4, 0.5) is 9.18 Å². The Kier molecular flexibility index (Phi) is 6.55. The Labute approximate surface area is 193 Å². The molecule has 0 atom stereocenters. The fourth-order valence-corrected chi connectivity index (χ4v) is 4.02. The van der Waals surface area contributed by atoms with E-state index in [2.05, 4.69) is 10.4 Å². The van der Waals surface area contributed by atoms with Crippen molar-refractivity contribution >= 4 is 34.9 Å². The Morgan fingerprint density at radius 1 is 1.15 bits per heavy atom. The van der Waals surface area contributed by atoms with Gasteiger partial charge in [-0.15, -0.1) is 0 Å². The molecule has 0 radical (unpaired) electrons. The molecule has 0 bridgehead atoms. The minimum Gasteiger partial charge on any atom is -0.493 e. The molecule has 1 fully saturated rings. The normalized spacial score (nSPS) is 14.7. The summed E-state index contributed by atoms with van der Waals surface area (Å²) in [5, 5.41) is 6.45. The number of para-hydroxylation sites is 1. The first-order chi connectivity index (χ1) is 16.0. The molecule has 8 nitrogen and oxygen atoms in total. The van der Waals surface area contributed by atoms with Crippen LogP contribution in [0.5, 0.6) is 5.75 Å². The quantitative estimate of drug-likeness (QED) is 0.536. The van der Waals surface area contributed by atoms with Crippen molar-refractivity contribution < 1.29 is 23.5 Å². The molecule has 1 aliphatic rings. The number of aromatic nitrogens is 2. The summed E-state index contributed by atoms with van der Waals surface area (Å²) in [5.41, 5.74) is 1.06. The lowest BCUT2D eigenvalue weighted by atomic mass is 10.2. The van der Waals surface area contributed by atoms with Crippen LogP contribution in [0, 0.1) is 5.82 Å². The van der Waals surface area contributed by atoms with Crippen molar-refractivity contribution in [3.63, 3.8) is 0 Å². The fourth-order valence-electron chi connectivity index (χ4n) is 3.17. The first-order valence-electron chi connectivity index (χ1n) is 9.95. The van der Waals surface area contributed by atoms with E-state index in [1.54, 1.807) is 18.3 Å². The Morgan fingerprint density at radius 3 is 2.61 bits per heavy atom. The maximum atomic E-state index is 13.9. The highest BCUT2D eigenvalue weighted by Crippen LogP contribution is 2.32. The summed E-state index contributed by atoms with van der Waals surface area (Å²) < 4.78 is 20.6. The summed E-state index contributed by atoms with van der Waals surface area (Å²) >= 11 is 0.731. The van der Waals surface area contributed by atoms with Crippen molar-refractivity contribution in [2.24, 2.45) is 0 Å². The Hall–Kier alpha value is -3.92. The number of carbonyl (C=O) groups is 3. The molecule has 1 aliphatic heterocycles. The molecule has 10 heteroatoms. The van der Waals surface area contributed by atoms with Crippen LogP contribution in [0.25, 0.3) is 11.8 Å². The lowest BCUT2D eigenvalue weighted by Crippen LogP contribution is -2.37. The number of halogens is 1. The third-order valence-corrected chi connectivity index (χ3v) is 5.73. The number of carbonyl (C=O) groups excluding carboxylic acids is 3. The number of imide groups is 1. The summed E-state index contributed by atoms with van der Waals surface area (Å²) in [7, 11) is 1.44. The zero-order chi connectivity index (χ0) is 23.4. The lowest BCUT2D eigenvalue weighted by Gasteiger charge is -2.12. The van der Waals surface area contributed by atoms with Crippen LogP contribution < -0.4 is 10.1 Å². The van der Waals surface area contributed by atoms with Gasteiger partial charge in [-0.2, -0.15) is 5.10 Å². The molecule has 2 heterocycles. The molecule has 1 N–H and O–H groups in total. The number of nitrogens with zero attached hydrogens (tertiary/aromatic N) is 3. The van der Waals surface area contributed by atoms with E-state index >= 15 is 0 Å². The van der Waals surface area contributed by atoms with Gasteiger partial charge in [0.2, 0.25) is 0 Å². The second-order valence-electron chi connectivity index (χ2n) is 6.94. The zero-order valence-electron chi connectivity index (χ0n) is 17.5. The van der Waals surface area contributed by atoms with Crippen molar-refractivity contribution in [3.05, 3.63) is 82.8 Å². The third kappa shape index (κ3) is 4.80. The zero-order valence-corrected chi connectivity index (χ0v) is 18.3. The van der Waals surface area contributed by atoms with Crippen LogP contribution in [0.1, 0.15) is 16.1 Å². The van der Waals surface area contributed by atoms with E-state index in [1.165, 1.54) is 30.0 Å². The molecule has 1 saturated heterocycles. The molecule has 4 rings (SSSR count).